The van der Waals surface area contributed by atoms with Crippen molar-refractivity contribution in [1.82, 2.24) is 5.32 Å². The minimum absolute atomic E-state index is 0.833. The summed E-state index contributed by atoms with van der Waals surface area (Å²) in [7, 11) is 0. The second-order valence-electron chi connectivity index (χ2n) is 29.0. The van der Waals surface area contributed by atoms with Crippen LogP contribution in [0.2, 0.25) is 0 Å². The second-order valence-corrected chi connectivity index (χ2v) is 29.0. The molecule has 5 heteroatoms. The molecule has 0 aromatic carbocycles. The van der Waals surface area contributed by atoms with Crippen LogP contribution in [0, 0.1) is 53.3 Å². The Hall–Kier alpha value is -1.82. The van der Waals surface area contributed by atoms with Crippen LogP contribution in [-0.2, 0) is 9.47 Å². The van der Waals surface area contributed by atoms with E-state index in [1.165, 1.54) is 174 Å². The fourth-order valence-corrected chi connectivity index (χ4v) is 5.80. The minimum Gasteiger partial charge on any atom is -0.381 e. The normalized spacial score (nSPS) is 16.4. The molecule has 3 saturated carbocycles. The van der Waals surface area contributed by atoms with Crippen molar-refractivity contribution in [2.24, 2.45) is 63.2 Å². The molecular weight excluding hydrogens is 1020 g/mol. The number of rotatable bonds is 0. The highest BCUT2D eigenvalue weighted by molar-refractivity contribution is 5.73. The summed E-state index contributed by atoms with van der Waals surface area (Å²) in [5, 5.41) is 3.22. The smallest absolute Gasteiger partial charge is 0.0573 e. The highest BCUT2D eigenvalue weighted by Crippen LogP contribution is 2.16. The van der Waals surface area contributed by atoms with Crippen LogP contribution in [-0.4, -0.2) is 65.0 Å². The monoisotopic (exact) mass is 1190 g/mol. The molecule has 0 bridgehead atoms. The predicted molar refractivity (Wildman–Crippen MR) is 398 cm³/mol. The first-order chi connectivity index (χ1) is 39.6. The lowest BCUT2D eigenvalue weighted by Gasteiger charge is -2.08. The number of ether oxygens (including phenoxy) is 2. The van der Waals surface area contributed by atoms with E-state index >= 15 is 0 Å². The summed E-state index contributed by atoms with van der Waals surface area (Å²) in [6.07, 6.45) is 55.8. The van der Waals surface area contributed by atoms with E-state index in [0.29, 0.717) is 0 Å². The molecule has 0 aromatic heterocycles. The van der Waals surface area contributed by atoms with Gasteiger partial charge in [-0.25, -0.2) is 0 Å². The Morgan fingerprint density at radius 2 is 0.417 bits per heavy atom. The van der Waals surface area contributed by atoms with Gasteiger partial charge in [0.2, 0.25) is 0 Å². The lowest BCUT2D eigenvalue weighted by molar-refractivity contribution is 0.0968. The Labute approximate surface area is 536 Å². The van der Waals surface area contributed by atoms with Gasteiger partial charge in [0.05, 0.1) is 13.1 Å². The molecule has 6 fully saturated rings. The van der Waals surface area contributed by atoms with Gasteiger partial charge in [0.25, 0.3) is 0 Å². The summed E-state index contributed by atoms with van der Waals surface area (Å²) < 4.78 is 10.0. The zero-order valence-corrected chi connectivity index (χ0v) is 63.5. The number of hydrogen-bond donors (Lipinski definition) is 1. The van der Waals surface area contributed by atoms with Crippen molar-refractivity contribution in [2.45, 2.75) is 347 Å². The van der Waals surface area contributed by atoms with Gasteiger partial charge in [-0.3, -0.25) is 9.98 Å². The van der Waals surface area contributed by atoms with Crippen molar-refractivity contribution in [3.8, 4) is 0 Å². The zero-order chi connectivity index (χ0) is 66.1. The molecule has 5 aliphatic heterocycles. The third kappa shape index (κ3) is 236. The molecule has 4 aliphatic carbocycles. The first-order valence-electron chi connectivity index (χ1n) is 36.1. The molecule has 510 valence electrons. The Kier molecular flexibility index (Phi) is 117. The summed E-state index contributed by atoms with van der Waals surface area (Å²) in [4.78, 5) is 7.69. The average molecular weight is 1190 g/mol. The van der Waals surface area contributed by atoms with Crippen LogP contribution in [0.5, 0.6) is 0 Å². The minimum atomic E-state index is 0.833. The number of nitrogens with zero attached hydrogens (tertiary/aromatic N) is 2. The highest BCUT2D eigenvalue weighted by Gasteiger charge is 1.98. The third-order valence-corrected chi connectivity index (χ3v) is 8.82. The Balaban J connectivity index is -0.000000102. The Morgan fingerprint density at radius 1 is 0.238 bits per heavy atom. The van der Waals surface area contributed by atoms with Crippen LogP contribution in [0.3, 0.4) is 0 Å². The Bertz CT molecular complexity index is 913. The first kappa shape index (κ1) is 101. The van der Waals surface area contributed by atoms with Gasteiger partial charge >= 0.3 is 0 Å². The lowest BCUT2D eigenvalue weighted by Crippen LogP contribution is -2.03. The van der Waals surface area contributed by atoms with E-state index in [0.717, 1.165) is 92.8 Å². The van der Waals surface area contributed by atoms with E-state index in [-0.39, 0.29) is 0 Å². The van der Waals surface area contributed by atoms with Gasteiger partial charge in [0, 0.05) is 38.9 Å². The summed E-state index contributed by atoms with van der Waals surface area (Å²) in [6, 6.07) is 0. The molecule has 0 spiro atoms. The van der Waals surface area contributed by atoms with Gasteiger partial charge < -0.3 is 14.8 Å². The van der Waals surface area contributed by atoms with Gasteiger partial charge in [0.15, 0.2) is 0 Å². The average Bonchev–Trinajstić information content (AvgIpc) is 4.28. The quantitative estimate of drug-likeness (QED) is 0.263. The molecule has 9 rings (SSSR count). The molecule has 0 aromatic rings. The highest BCUT2D eigenvalue weighted by atomic mass is 16.5. The molecule has 5 heterocycles. The van der Waals surface area contributed by atoms with E-state index in [4.69, 9.17) is 9.47 Å². The van der Waals surface area contributed by atoms with E-state index in [2.05, 4.69) is 227 Å². The molecule has 1 N–H and O–H groups in total. The largest absolute Gasteiger partial charge is 0.381 e. The topological polar surface area (TPSA) is 55.2 Å². The molecule has 0 atom stereocenters. The van der Waals surface area contributed by atoms with E-state index in [1.54, 1.807) is 12.4 Å². The molecule has 0 unspecified atom stereocenters. The number of allylic oxidation sites excluding steroid dienone is 6. The van der Waals surface area contributed by atoms with Gasteiger partial charge in [-0.1, -0.05) is 326 Å². The van der Waals surface area contributed by atoms with Crippen LogP contribution < -0.4 is 5.32 Å². The molecular formula is C79H167N3O2. The van der Waals surface area contributed by atoms with Crippen molar-refractivity contribution < 1.29 is 9.47 Å². The van der Waals surface area contributed by atoms with Crippen LogP contribution in [0.15, 0.2) is 58.6 Å². The molecule has 0 amide bonds. The predicted octanol–water partition coefficient (Wildman–Crippen LogP) is 26.7. The van der Waals surface area contributed by atoms with Crippen LogP contribution in [0.1, 0.15) is 347 Å². The van der Waals surface area contributed by atoms with E-state index in [9.17, 15) is 0 Å². The fraction of sp³-hybridized carbons (Fsp3) is 0.873. The van der Waals surface area contributed by atoms with Gasteiger partial charge in [-0.05, 0) is 136 Å². The van der Waals surface area contributed by atoms with E-state index in [1.807, 2.05) is 24.3 Å². The van der Waals surface area contributed by atoms with Gasteiger partial charge in [-0.15, -0.1) is 0 Å². The summed E-state index contributed by atoms with van der Waals surface area (Å²) in [5.41, 5.74) is 0. The van der Waals surface area contributed by atoms with Gasteiger partial charge in [-0.2, -0.15) is 0 Å². The van der Waals surface area contributed by atoms with Crippen molar-refractivity contribution in [1.29, 1.82) is 0 Å². The fourth-order valence-electron chi connectivity index (χ4n) is 5.80. The van der Waals surface area contributed by atoms with Crippen LogP contribution >= 0.6 is 0 Å². The summed E-state index contributed by atoms with van der Waals surface area (Å²) in [5.74, 6) is 7.50. The molecule has 3 saturated heterocycles. The maximum Gasteiger partial charge on any atom is 0.0573 e. The Morgan fingerprint density at radius 3 is 0.488 bits per heavy atom. The van der Waals surface area contributed by atoms with Gasteiger partial charge in [0.1, 0.15) is 0 Å². The lowest BCUT2D eigenvalue weighted by atomic mass is 10.0. The molecule has 84 heavy (non-hydrogen) atoms. The zero-order valence-electron chi connectivity index (χ0n) is 63.5. The SMILES string of the molecule is C1=CCCC=C1.C1=CCN=C1.C1=CCN=C1.C1CCCC1.C1CCCC1.C1CCCCC1.C1CCNC1.C1CCOC1.C1CCOCC1.CC(C)C.CC(C)C.CC(C)C.CC(C)C.CC(C)C.CC(C)C.CC(C)C.CC(C)C.CC(C)C. The van der Waals surface area contributed by atoms with Crippen molar-refractivity contribution in [3.05, 3.63) is 48.6 Å². The summed E-state index contributed by atoms with van der Waals surface area (Å²) in [6.45, 7) is 66.8. The number of aliphatic imine (C=N–C) groups is 2. The van der Waals surface area contributed by atoms with E-state index < -0.39 is 0 Å². The maximum atomic E-state index is 5.07. The maximum absolute atomic E-state index is 5.07. The van der Waals surface area contributed by atoms with Crippen LogP contribution in [0.4, 0.5) is 0 Å². The summed E-state index contributed by atoms with van der Waals surface area (Å²) >= 11 is 0. The second kappa shape index (κ2) is 97.5. The van der Waals surface area contributed by atoms with Crippen molar-refractivity contribution in [2.75, 3.05) is 52.6 Å². The molecule has 0 radical (unpaired) electrons. The first-order valence-corrected chi connectivity index (χ1v) is 36.1. The van der Waals surface area contributed by atoms with Crippen molar-refractivity contribution >= 4 is 12.4 Å². The van der Waals surface area contributed by atoms with Crippen LogP contribution in [0.25, 0.3) is 0 Å². The molecule has 5 nitrogen and oxygen atoms in total. The number of nitrogens with one attached hydrogen (secondary N) is 1. The molecule has 9 aliphatic rings. The van der Waals surface area contributed by atoms with Crippen molar-refractivity contribution in [3.63, 3.8) is 0 Å². The number of hydrogen-bond acceptors (Lipinski definition) is 5. The standard InChI is InChI=1S/C6H12.C6H8.C5H10O.2C5H10.C4H9N.2C4H5N.C4H8O.9C4H10/c3*1-2-4-6-5-3-1;6*1-2-4-5-3-1;9*1-4(2)3/h1-6H2;1-4H,5-6H2;1-5H2;2*1-5H2;5H,1-4H2;2*1-3H,4H2;1-4H2;9*4H,1-3H3. The third-order valence-electron chi connectivity index (χ3n) is 8.82.